The number of hydrogen-bond acceptors (Lipinski definition) is 6. The highest BCUT2D eigenvalue weighted by molar-refractivity contribution is 7.98. The number of nitrogens with one attached hydrogen (secondary N) is 1. The van der Waals surface area contributed by atoms with Crippen LogP contribution in [-0.2, 0) is 0 Å². The smallest absolute Gasteiger partial charge is 0.322 e. The van der Waals surface area contributed by atoms with E-state index >= 15 is 0 Å². The van der Waals surface area contributed by atoms with Crippen LogP contribution < -0.4 is 15.0 Å². The van der Waals surface area contributed by atoms with E-state index in [1.165, 1.54) is 9.60 Å². The highest BCUT2D eigenvalue weighted by Gasteiger charge is 2.24. The van der Waals surface area contributed by atoms with Gasteiger partial charge in [0.1, 0.15) is 5.75 Å². The van der Waals surface area contributed by atoms with E-state index in [0.717, 1.165) is 23.7 Å². The number of amides is 2. The summed E-state index contributed by atoms with van der Waals surface area (Å²) in [6, 6.07) is 11.3. The van der Waals surface area contributed by atoms with Gasteiger partial charge < -0.3 is 19.9 Å². The number of ether oxygens (including phenoxy) is 1. The number of thioether (sulfide) groups is 1. The van der Waals surface area contributed by atoms with Crippen molar-refractivity contribution in [2.24, 2.45) is 0 Å². The van der Waals surface area contributed by atoms with E-state index < -0.39 is 0 Å². The molecule has 2 amide bonds. The SMILES string of the molecule is COc1ccc(Cl)cc1NC(=O)N1CCN(c2nc3c(SC)cccc3s2)CC1. The normalized spacial score (nSPS) is 14.3. The summed E-state index contributed by atoms with van der Waals surface area (Å²) < 4.78 is 6.50. The summed E-state index contributed by atoms with van der Waals surface area (Å²) in [5.74, 6) is 0.584. The summed E-state index contributed by atoms with van der Waals surface area (Å²) in [6.07, 6.45) is 2.07. The van der Waals surface area contributed by atoms with Crippen molar-refractivity contribution in [1.82, 2.24) is 9.88 Å². The fourth-order valence-electron chi connectivity index (χ4n) is 3.28. The van der Waals surface area contributed by atoms with Crippen LogP contribution in [0.5, 0.6) is 5.75 Å². The average Bonchev–Trinajstić information content (AvgIpc) is 3.18. The maximum atomic E-state index is 12.7. The highest BCUT2D eigenvalue weighted by atomic mass is 35.5. The average molecular weight is 449 g/mol. The standard InChI is InChI=1S/C20H21ClN4O2S2/c1-27-15-7-6-13(21)12-14(15)22-19(26)24-8-10-25(11-9-24)20-23-18-16(28-2)4-3-5-17(18)29-20/h3-7,12H,8-11H2,1-2H3,(H,22,26). The maximum Gasteiger partial charge on any atom is 0.322 e. The molecule has 0 radical (unpaired) electrons. The number of piperazine rings is 1. The van der Waals surface area contributed by atoms with Crippen molar-refractivity contribution in [1.29, 1.82) is 0 Å². The van der Waals surface area contributed by atoms with E-state index in [9.17, 15) is 4.79 Å². The molecule has 6 nitrogen and oxygen atoms in total. The number of carbonyl (C=O) groups excluding carboxylic acids is 1. The number of urea groups is 1. The zero-order chi connectivity index (χ0) is 20.4. The van der Waals surface area contributed by atoms with Gasteiger partial charge in [-0.25, -0.2) is 9.78 Å². The van der Waals surface area contributed by atoms with Gasteiger partial charge in [-0.2, -0.15) is 0 Å². The molecule has 9 heteroatoms. The Morgan fingerprint density at radius 3 is 2.76 bits per heavy atom. The fourth-order valence-corrected chi connectivity index (χ4v) is 5.13. The first-order valence-electron chi connectivity index (χ1n) is 9.17. The van der Waals surface area contributed by atoms with Gasteiger partial charge in [-0.1, -0.05) is 29.0 Å². The second-order valence-corrected chi connectivity index (χ2v) is 8.85. The van der Waals surface area contributed by atoms with Gasteiger partial charge in [0.05, 0.1) is 23.0 Å². The monoisotopic (exact) mass is 448 g/mol. The van der Waals surface area contributed by atoms with E-state index in [0.29, 0.717) is 29.5 Å². The van der Waals surface area contributed by atoms with Crippen molar-refractivity contribution in [2.75, 3.05) is 49.8 Å². The molecule has 1 aliphatic rings. The van der Waals surface area contributed by atoms with Gasteiger partial charge in [-0.05, 0) is 36.6 Å². The number of nitrogens with zero attached hydrogens (tertiary/aromatic N) is 3. The number of carbonyl (C=O) groups is 1. The second kappa shape index (κ2) is 8.69. The molecule has 2 aromatic carbocycles. The van der Waals surface area contributed by atoms with Gasteiger partial charge in [-0.15, -0.1) is 11.8 Å². The Bertz CT molecular complexity index is 1030. The molecule has 1 N–H and O–H groups in total. The van der Waals surface area contributed by atoms with Crippen molar-refractivity contribution in [2.45, 2.75) is 4.90 Å². The predicted molar refractivity (Wildman–Crippen MR) is 122 cm³/mol. The Morgan fingerprint density at radius 2 is 2.03 bits per heavy atom. The van der Waals surface area contributed by atoms with Crippen LogP contribution in [0.15, 0.2) is 41.3 Å². The Kier molecular flexibility index (Phi) is 6.03. The molecule has 3 aromatic rings. The summed E-state index contributed by atoms with van der Waals surface area (Å²) in [7, 11) is 1.57. The molecule has 1 saturated heterocycles. The van der Waals surface area contributed by atoms with Crippen LogP contribution in [-0.4, -0.2) is 55.5 Å². The second-order valence-electron chi connectivity index (χ2n) is 6.55. The number of halogens is 1. The van der Waals surface area contributed by atoms with E-state index in [1.807, 2.05) is 0 Å². The van der Waals surface area contributed by atoms with Gasteiger partial charge in [0.25, 0.3) is 0 Å². The van der Waals surface area contributed by atoms with Crippen molar-refractivity contribution in [3.8, 4) is 5.75 Å². The number of thiazole rings is 1. The zero-order valence-corrected chi connectivity index (χ0v) is 18.5. The minimum absolute atomic E-state index is 0.154. The number of aromatic nitrogens is 1. The van der Waals surface area contributed by atoms with Crippen molar-refractivity contribution >= 4 is 61.8 Å². The van der Waals surface area contributed by atoms with Gasteiger partial charge in [0.15, 0.2) is 5.13 Å². The third-order valence-corrected chi connectivity index (χ3v) is 6.92. The lowest BCUT2D eigenvalue weighted by molar-refractivity contribution is 0.208. The molecule has 4 rings (SSSR count). The molecule has 1 aromatic heterocycles. The fraction of sp³-hybridized carbons (Fsp3) is 0.300. The van der Waals surface area contributed by atoms with E-state index in [4.69, 9.17) is 21.3 Å². The van der Waals surface area contributed by atoms with Crippen LogP contribution in [0.4, 0.5) is 15.6 Å². The van der Waals surface area contributed by atoms with Gasteiger partial charge in [-0.3, -0.25) is 0 Å². The van der Waals surface area contributed by atoms with Crippen LogP contribution in [0.1, 0.15) is 0 Å². The summed E-state index contributed by atoms with van der Waals surface area (Å²) >= 11 is 9.47. The number of hydrogen-bond donors (Lipinski definition) is 1. The van der Waals surface area contributed by atoms with Crippen LogP contribution >= 0.6 is 34.7 Å². The number of rotatable bonds is 4. The third-order valence-electron chi connectivity index (χ3n) is 4.83. The molecular weight excluding hydrogens is 428 g/mol. The Labute approximate surface area is 182 Å². The first-order chi connectivity index (χ1) is 14.1. The van der Waals surface area contributed by atoms with Crippen molar-refractivity contribution < 1.29 is 9.53 Å². The van der Waals surface area contributed by atoms with E-state index in [1.54, 1.807) is 53.3 Å². The predicted octanol–water partition coefficient (Wildman–Crippen LogP) is 5.03. The molecule has 152 valence electrons. The summed E-state index contributed by atoms with van der Waals surface area (Å²) in [4.78, 5) is 22.8. The minimum atomic E-state index is -0.154. The molecule has 0 saturated carbocycles. The zero-order valence-electron chi connectivity index (χ0n) is 16.1. The van der Waals surface area contributed by atoms with Gasteiger partial charge in [0, 0.05) is 36.1 Å². The molecule has 1 fully saturated rings. The molecule has 1 aliphatic heterocycles. The molecule has 0 unspecified atom stereocenters. The number of anilines is 2. The Balaban J connectivity index is 1.42. The summed E-state index contributed by atoms with van der Waals surface area (Å²) in [5.41, 5.74) is 1.64. The van der Waals surface area contributed by atoms with Crippen LogP contribution in [0, 0.1) is 0 Å². The quantitative estimate of drug-likeness (QED) is 0.567. The van der Waals surface area contributed by atoms with Crippen molar-refractivity contribution in [3.05, 3.63) is 41.4 Å². The number of fused-ring (bicyclic) bond motifs is 1. The van der Waals surface area contributed by atoms with Gasteiger partial charge in [0.2, 0.25) is 0 Å². The highest BCUT2D eigenvalue weighted by Crippen LogP contribution is 2.34. The van der Waals surface area contributed by atoms with E-state index in [-0.39, 0.29) is 6.03 Å². The van der Waals surface area contributed by atoms with Crippen LogP contribution in [0.25, 0.3) is 10.2 Å². The maximum absolute atomic E-state index is 12.7. The molecule has 0 atom stereocenters. The molecule has 29 heavy (non-hydrogen) atoms. The largest absolute Gasteiger partial charge is 0.495 e. The van der Waals surface area contributed by atoms with Gasteiger partial charge >= 0.3 is 6.03 Å². The van der Waals surface area contributed by atoms with Crippen molar-refractivity contribution in [3.63, 3.8) is 0 Å². The molecular formula is C20H21ClN4O2S2. The topological polar surface area (TPSA) is 57.7 Å². The lowest BCUT2D eigenvalue weighted by Crippen LogP contribution is -2.50. The van der Waals surface area contributed by atoms with Crippen LogP contribution in [0.3, 0.4) is 0 Å². The lowest BCUT2D eigenvalue weighted by atomic mass is 10.3. The lowest BCUT2D eigenvalue weighted by Gasteiger charge is -2.34. The molecule has 0 aliphatic carbocycles. The Hall–Kier alpha value is -2.16. The molecule has 0 spiro atoms. The third kappa shape index (κ3) is 4.24. The number of para-hydroxylation sites is 1. The molecule has 2 heterocycles. The van der Waals surface area contributed by atoms with Crippen LogP contribution in [0.2, 0.25) is 5.02 Å². The van der Waals surface area contributed by atoms with E-state index in [2.05, 4.69) is 34.7 Å². The molecule has 0 bridgehead atoms. The number of methoxy groups -OCH3 is 1. The number of benzene rings is 2. The summed E-state index contributed by atoms with van der Waals surface area (Å²) in [6.45, 7) is 2.74. The first-order valence-corrected chi connectivity index (χ1v) is 11.6. The minimum Gasteiger partial charge on any atom is -0.495 e. The first kappa shape index (κ1) is 20.1. The Morgan fingerprint density at radius 1 is 1.24 bits per heavy atom. The summed E-state index contributed by atoms with van der Waals surface area (Å²) in [5, 5.41) is 4.47.